The quantitative estimate of drug-likeness (QED) is 0.267. The number of carbonyl (C=O) groups excluding carboxylic acids is 1. The topological polar surface area (TPSA) is 75.2 Å². The van der Waals surface area contributed by atoms with Crippen LogP contribution < -0.4 is 10.6 Å². The molecule has 2 N–H and O–H groups in total. The highest BCUT2D eigenvalue weighted by atomic mass is 127. The summed E-state index contributed by atoms with van der Waals surface area (Å²) >= 11 is 0. The lowest BCUT2D eigenvalue weighted by Gasteiger charge is -2.23. The zero-order chi connectivity index (χ0) is 16.6. The molecule has 1 aliphatic rings. The van der Waals surface area contributed by atoms with Gasteiger partial charge in [0.05, 0.1) is 13.2 Å². The predicted molar refractivity (Wildman–Crippen MR) is 102 cm³/mol. The molecule has 7 nitrogen and oxygen atoms in total. The number of guanidine groups is 1. The number of carbonyl (C=O) groups is 1. The van der Waals surface area contributed by atoms with E-state index in [0.717, 1.165) is 5.57 Å². The Morgan fingerprint density at radius 3 is 2.43 bits per heavy atom. The second kappa shape index (κ2) is 10.8. The Hall–Kier alpha value is -0.870. The number of aliphatic imine (C=N–C) groups is 1. The van der Waals surface area contributed by atoms with Crippen molar-refractivity contribution in [1.29, 1.82) is 0 Å². The molecule has 1 heterocycles. The molecule has 0 bridgehead atoms. The number of amides is 1. The number of halogens is 1. The summed E-state index contributed by atoms with van der Waals surface area (Å²) in [6, 6.07) is 0. The van der Waals surface area contributed by atoms with E-state index in [1.165, 1.54) is 4.90 Å². The predicted octanol–water partition coefficient (Wildman–Crippen LogP) is 0.957. The number of rotatable bonds is 7. The second-order valence-corrected chi connectivity index (χ2v) is 5.77. The molecule has 1 fully saturated rings. The van der Waals surface area contributed by atoms with Crippen molar-refractivity contribution < 1.29 is 14.3 Å². The van der Waals surface area contributed by atoms with Gasteiger partial charge in [-0.05, 0) is 13.8 Å². The Morgan fingerprint density at radius 2 is 1.91 bits per heavy atom. The lowest BCUT2D eigenvalue weighted by Crippen LogP contribution is -2.41. The third kappa shape index (κ3) is 9.11. The summed E-state index contributed by atoms with van der Waals surface area (Å²) in [4.78, 5) is 17.4. The Balaban J connectivity index is 0.00000484. The number of ether oxygens (including phenoxy) is 2. The van der Waals surface area contributed by atoms with Crippen LogP contribution in [0.15, 0.2) is 17.1 Å². The van der Waals surface area contributed by atoms with E-state index in [0.29, 0.717) is 38.7 Å². The maximum absolute atomic E-state index is 11.6. The van der Waals surface area contributed by atoms with Gasteiger partial charge in [-0.2, -0.15) is 0 Å². The number of hydrogen-bond donors (Lipinski definition) is 2. The maximum atomic E-state index is 11.6. The van der Waals surface area contributed by atoms with E-state index in [2.05, 4.69) is 22.2 Å². The van der Waals surface area contributed by atoms with Gasteiger partial charge in [0.15, 0.2) is 11.7 Å². The van der Waals surface area contributed by atoms with Crippen molar-refractivity contribution >= 4 is 35.8 Å². The van der Waals surface area contributed by atoms with Crippen molar-refractivity contribution in [3.63, 3.8) is 0 Å². The van der Waals surface area contributed by atoms with Gasteiger partial charge in [-0.25, -0.2) is 4.99 Å². The summed E-state index contributed by atoms with van der Waals surface area (Å²) in [6.07, 6.45) is 0.697. The monoisotopic (exact) mass is 440 g/mol. The molecule has 0 atom stereocenters. The van der Waals surface area contributed by atoms with Crippen molar-refractivity contribution in [2.75, 3.05) is 46.9 Å². The molecule has 1 saturated heterocycles. The fraction of sp³-hybridized carbons (Fsp3) is 0.733. The second-order valence-electron chi connectivity index (χ2n) is 5.77. The van der Waals surface area contributed by atoms with Crippen LogP contribution in [0.5, 0.6) is 0 Å². The normalized spacial score (nSPS) is 16.4. The Labute approximate surface area is 155 Å². The molecule has 0 aromatic rings. The van der Waals surface area contributed by atoms with Crippen LogP contribution in [-0.2, 0) is 14.3 Å². The third-order valence-corrected chi connectivity index (χ3v) is 3.20. The molecule has 0 aliphatic carbocycles. The average molecular weight is 440 g/mol. The van der Waals surface area contributed by atoms with Gasteiger partial charge in [0.1, 0.15) is 6.54 Å². The summed E-state index contributed by atoms with van der Waals surface area (Å²) in [6.45, 7) is 10.3. The number of hydrogen-bond acceptors (Lipinski definition) is 4. The van der Waals surface area contributed by atoms with Gasteiger partial charge in [0.2, 0.25) is 5.91 Å². The summed E-state index contributed by atoms with van der Waals surface area (Å²) in [5.74, 6) is -0.00279. The first-order chi connectivity index (χ1) is 10.3. The maximum Gasteiger partial charge on any atom is 0.243 e. The minimum Gasteiger partial charge on any atom is -0.356 e. The average Bonchev–Trinajstić information content (AvgIpc) is 2.87. The van der Waals surface area contributed by atoms with Crippen LogP contribution in [0.1, 0.15) is 20.3 Å². The van der Waals surface area contributed by atoms with E-state index in [4.69, 9.17) is 9.47 Å². The van der Waals surface area contributed by atoms with Crippen LogP contribution >= 0.6 is 24.0 Å². The number of nitrogens with one attached hydrogen (secondary N) is 2. The van der Waals surface area contributed by atoms with E-state index < -0.39 is 5.79 Å². The van der Waals surface area contributed by atoms with Crippen molar-refractivity contribution in [1.82, 2.24) is 15.5 Å². The van der Waals surface area contributed by atoms with E-state index >= 15 is 0 Å². The zero-order valence-electron chi connectivity index (χ0n) is 14.5. The summed E-state index contributed by atoms with van der Waals surface area (Å²) in [5, 5.41) is 6.33. The van der Waals surface area contributed by atoms with Crippen molar-refractivity contribution in [3.8, 4) is 0 Å². The molecule has 1 rings (SSSR count). The highest BCUT2D eigenvalue weighted by molar-refractivity contribution is 14.0. The first-order valence-electron chi connectivity index (χ1n) is 7.47. The molecule has 23 heavy (non-hydrogen) atoms. The van der Waals surface area contributed by atoms with Gasteiger partial charge in [-0.3, -0.25) is 4.79 Å². The van der Waals surface area contributed by atoms with E-state index in [1.807, 2.05) is 13.8 Å². The molecule has 0 radical (unpaired) electrons. The molecule has 0 saturated carbocycles. The lowest BCUT2D eigenvalue weighted by atomic mass is 10.2. The highest BCUT2D eigenvalue weighted by Gasteiger charge is 2.30. The molecule has 8 heteroatoms. The van der Waals surface area contributed by atoms with Gasteiger partial charge < -0.3 is 25.0 Å². The Morgan fingerprint density at radius 1 is 1.30 bits per heavy atom. The van der Waals surface area contributed by atoms with Crippen LogP contribution in [0.25, 0.3) is 0 Å². The minimum atomic E-state index is -0.536. The van der Waals surface area contributed by atoms with Gasteiger partial charge >= 0.3 is 0 Å². The Bertz CT molecular complexity index is 421. The minimum absolute atomic E-state index is 0. The Kier molecular flexibility index (Phi) is 10.4. The molecule has 0 spiro atoms. The fourth-order valence-electron chi connectivity index (χ4n) is 1.81. The van der Waals surface area contributed by atoms with Gasteiger partial charge in [-0.1, -0.05) is 12.2 Å². The molecular weight excluding hydrogens is 411 g/mol. The van der Waals surface area contributed by atoms with E-state index in [9.17, 15) is 4.79 Å². The molecule has 0 aromatic heterocycles. The van der Waals surface area contributed by atoms with E-state index in [-0.39, 0.29) is 36.4 Å². The lowest BCUT2D eigenvalue weighted by molar-refractivity contribution is -0.145. The van der Waals surface area contributed by atoms with Crippen LogP contribution in [0.4, 0.5) is 0 Å². The van der Waals surface area contributed by atoms with Crippen LogP contribution in [0.3, 0.4) is 0 Å². The number of likely N-dealkylation sites (N-methyl/N-ethyl adjacent to an activating group) is 1. The molecule has 0 unspecified atom stereocenters. The smallest absolute Gasteiger partial charge is 0.243 e. The largest absolute Gasteiger partial charge is 0.356 e. The van der Waals surface area contributed by atoms with Crippen molar-refractivity contribution in [2.45, 2.75) is 26.1 Å². The van der Waals surface area contributed by atoms with Crippen LogP contribution in [-0.4, -0.2) is 69.5 Å². The zero-order valence-corrected chi connectivity index (χ0v) is 16.8. The van der Waals surface area contributed by atoms with Crippen molar-refractivity contribution in [3.05, 3.63) is 12.2 Å². The van der Waals surface area contributed by atoms with Crippen LogP contribution in [0.2, 0.25) is 0 Å². The molecule has 1 aliphatic heterocycles. The summed E-state index contributed by atoms with van der Waals surface area (Å²) in [5.41, 5.74) is 0.989. The van der Waals surface area contributed by atoms with Gasteiger partial charge in [0, 0.05) is 33.6 Å². The molecule has 0 aromatic carbocycles. The molecule has 134 valence electrons. The molecule has 1 amide bonds. The van der Waals surface area contributed by atoms with E-state index in [1.54, 1.807) is 14.1 Å². The highest BCUT2D eigenvalue weighted by Crippen LogP contribution is 2.21. The van der Waals surface area contributed by atoms with Gasteiger partial charge in [0.25, 0.3) is 0 Å². The van der Waals surface area contributed by atoms with Crippen LogP contribution in [0, 0.1) is 0 Å². The SMILES string of the molecule is C=C(C)CNC(=NCC(=O)N(C)C)NCCC1(C)OCCO1.I. The molecular formula is C15H29IN4O3. The summed E-state index contributed by atoms with van der Waals surface area (Å²) < 4.78 is 11.1. The number of nitrogens with zero attached hydrogens (tertiary/aromatic N) is 2. The standard InChI is InChI=1S/C15H28N4O3.HI/c1-12(2)10-17-14(18-11-13(20)19(4)5)16-7-6-15(3)21-8-9-22-15;/h1,6-11H2,2-5H3,(H2,16,17,18);1H. The van der Waals surface area contributed by atoms with Gasteiger partial charge in [-0.15, -0.1) is 24.0 Å². The third-order valence-electron chi connectivity index (χ3n) is 3.20. The first-order valence-corrected chi connectivity index (χ1v) is 7.47. The fourth-order valence-corrected chi connectivity index (χ4v) is 1.81. The first kappa shape index (κ1) is 22.1. The van der Waals surface area contributed by atoms with Crippen molar-refractivity contribution in [2.24, 2.45) is 4.99 Å². The summed E-state index contributed by atoms with van der Waals surface area (Å²) in [7, 11) is 3.42.